The van der Waals surface area contributed by atoms with Gasteiger partial charge in [0.2, 0.25) is 0 Å². The summed E-state index contributed by atoms with van der Waals surface area (Å²) in [5.41, 5.74) is 7.78. The van der Waals surface area contributed by atoms with Gasteiger partial charge in [0.05, 0.1) is 0 Å². The van der Waals surface area contributed by atoms with Crippen LogP contribution in [0.4, 0.5) is 11.5 Å². The van der Waals surface area contributed by atoms with Crippen LogP contribution in [0, 0.1) is 0 Å². The molecule has 0 radical (unpaired) electrons. The Hall–Kier alpha value is -2.30. The Morgan fingerprint density at radius 3 is 2.78 bits per heavy atom. The summed E-state index contributed by atoms with van der Waals surface area (Å²) in [6.45, 7) is 2.09. The molecule has 0 fully saturated rings. The average molecular weight is 244 g/mol. The van der Waals surface area contributed by atoms with Gasteiger partial charge >= 0.3 is 0 Å². The summed E-state index contributed by atoms with van der Waals surface area (Å²) in [6, 6.07) is 8.61. The monoisotopic (exact) mass is 244 g/mol. The lowest BCUT2D eigenvalue weighted by Crippen LogP contribution is -2.12. The van der Waals surface area contributed by atoms with E-state index in [9.17, 15) is 4.79 Å². The van der Waals surface area contributed by atoms with E-state index in [1.54, 1.807) is 24.3 Å². The Kier molecular flexibility index (Phi) is 3.62. The van der Waals surface area contributed by atoms with E-state index in [-0.39, 0.29) is 5.91 Å². The van der Waals surface area contributed by atoms with Gasteiger partial charge in [-0.25, -0.2) is 0 Å². The Labute approximate surface area is 105 Å². The second-order valence-electron chi connectivity index (χ2n) is 4.10. The van der Waals surface area contributed by atoms with Crippen LogP contribution >= 0.6 is 0 Å². The molecule has 1 amide bonds. The zero-order valence-corrected chi connectivity index (χ0v) is 10.2. The summed E-state index contributed by atoms with van der Waals surface area (Å²) in [5, 5.41) is 9.66. The van der Waals surface area contributed by atoms with Gasteiger partial charge in [-0.15, -0.1) is 0 Å². The van der Waals surface area contributed by atoms with E-state index in [1.807, 2.05) is 6.07 Å². The molecule has 2 aromatic rings. The van der Waals surface area contributed by atoms with Crippen molar-refractivity contribution in [1.29, 1.82) is 0 Å². The molecule has 0 atom stereocenters. The first-order chi connectivity index (χ1) is 8.69. The summed E-state index contributed by atoms with van der Waals surface area (Å²) in [6.07, 6.45) is 1.96. The molecule has 0 aliphatic rings. The quantitative estimate of drug-likeness (QED) is 0.721. The van der Waals surface area contributed by atoms with Crippen molar-refractivity contribution in [2.75, 3.05) is 11.1 Å². The van der Waals surface area contributed by atoms with Crippen LogP contribution in [-0.2, 0) is 6.42 Å². The molecule has 18 heavy (non-hydrogen) atoms. The number of nitrogens with zero attached hydrogens (tertiary/aromatic N) is 1. The van der Waals surface area contributed by atoms with E-state index in [2.05, 4.69) is 22.4 Å². The number of nitrogen functional groups attached to an aromatic ring is 1. The first kappa shape index (κ1) is 12.2. The van der Waals surface area contributed by atoms with E-state index in [0.29, 0.717) is 17.1 Å². The highest BCUT2D eigenvalue weighted by Crippen LogP contribution is 2.11. The van der Waals surface area contributed by atoms with Gasteiger partial charge in [-0.1, -0.05) is 13.3 Å². The molecule has 1 aromatic heterocycles. The van der Waals surface area contributed by atoms with Crippen molar-refractivity contribution in [3.63, 3.8) is 0 Å². The molecule has 0 saturated heterocycles. The minimum absolute atomic E-state index is 0.190. The lowest BCUT2D eigenvalue weighted by atomic mass is 10.2. The second-order valence-corrected chi connectivity index (χ2v) is 4.10. The van der Waals surface area contributed by atoms with Gasteiger partial charge in [0.1, 0.15) is 0 Å². The van der Waals surface area contributed by atoms with Gasteiger partial charge < -0.3 is 11.1 Å². The van der Waals surface area contributed by atoms with Gasteiger partial charge in [-0.3, -0.25) is 9.89 Å². The fraction of sp³-hybridized carbons (Fsp3) is 0.231. The number of carbonyl (C=O) groups excluding carboxylic acids is 1. The Balaban J connectivity index is 2.04. The van der Waals surface area contributed by atoms with Crippen molar-refractivity contribution in [2.24, 2.45) is 0 Å². The van der Waals surface area contributed by atoms with Gasteiger partial charge in [-0.2, -0.15) is 5.10 Å². The molecule has 0 spiro atoms. The van der Waals surface area contributed by atoms with Gasteiger partial charge in [-0.05, 0) is 30.7 Å². The van der Waals surface area contributed by atoms with Crippen LogP contribution in [0.5, 0.6) is 0 Å². The van der Waals surface area contributed by atoms with Crippen LogP contribution in [0.25, 0.3) is 0 Å². The van der Waals surface area contributed by atoms with Crippen molar-refractivity contribution in [3.8, 4) is 0 Å². The Morgan fingerprint density at radius 2 is 2.11 bits per heavy atom. The number of aryl methyl sites for hydroxylation is 1. The minimum atomic E-state index is -0.190. The molecule has 5 heteroatoms. The SMILES string of the molecule is CCCc1cc(NC(=O)c2ccc(N)cc2)n[nH]1. The number of anilines is 2. The van der Waals surface area contributed by atoms with Crippen LogP contribution in [-0.4, -0.2) is 16.1 Å². The molecule has 0 saturated carbocycles. The molecule has 0 aliphatic heterocycles. The summed E-state index contributed by atoms with van der Waals surface area (Å²) in [4.78, 5) is 11.9. The van der Waals surface area contributed by atoms with Crippen molar-refractivity contribution in [2.45, 2.75) is 19.8 Å². The van der Waals surface area contributed by atoms with Gasteiger partial charge in [0.25, 0.3) is 5.91 Å². The highest BCUT2D eigenvalue weighted by molar-refractivity contribution is 6.03. The maximum Gasteiger partial charge on any atom is 0.256 e. The Bertz CT molecular complexity index is 530. The fourth-order valence-corrected chi connectivity index (χ4v) is 1.65. The molecule has 0 bridgehead atoms. The van der Waals surface area contributed by atoms with Crippen LogP contribution in [0.15, 0.2) is 30.3 Å². The fourth-order valence-electron chi connectivity index (χ4n) is 1.65. The molecule has 94 valence electrons. The second kappa shape index (κ2) is 5.35. The van der Waals surface area contributed by atoms with E-state index in [1.165, 1.54) is 0 Å². The van der Waals surface area contributed by atoms with Gasteiger partial charge in [0, 0.05) is 23.0 Å². The minimum Gasteiger partial charge on any atom is -0.399 e. The van der Waals surface area contributed by atoms with Crippen molar-refractivity contribution in [3.05, 3.63) is 41.6 Å². The van der Waals surface area contributed by atoms with E-state index < -0.39 is 0 Å². The molecule has 0 unspecified atom stereocenters. The van der Waals surface area contributed by atoms with Crippen molar-refractivity contribution >= 4 is 17.4 Å². The molecule has 1 aromatic carbocycles. The summed E-state index contributed by atoms with van der Waals surface area (Å²) < 4.78 is 0. The zero-order chi connectivity index (χ0) is 13.0. The summed E-state index contributed by atoms with van der Waals surface area (Å²) in [5.74, 6) is 0.352. The predicted molar refractivity (Wildman–Crippen MR) is 71.4 cm³/mol. The highest BCUT2D eigenvalue weighted by Gasteiger charge is 2.08. The van der Waals surface area contributed by atoms with E-state index >= 15 is 0 Å². The van der Waals surface area contributed by atoms with Crippen LogP contribution in [0.3, 0.4) is 0 Å². The number of amides is 1. The van der Waals surface area contributed by atoms with Crippen LogP contribution in [0.1, 0.15) is 29.4 Å². The third-order valence-electron chi connectivity index (χ3n) is 2.56. The topological polar surface area (TPSA) is 83.8 Å². The normalized spacial score (nSPS) is 10.3. The molecule has 1 heterocycles. The number of H-pyrrole nitrogens is 1. The molecule has 0 aliphatic carbocycles. The number of nitrogens with two attached hydrogens (primary N) is 1. The van der Waals surface area contributed by atoms with Gasteiger partial charge in [0.15, 0.2) is 5.82 Å². The standard InChI is InChI=1S/C13H16N4O/c1-2-3-11-8-12(17-16-11)15-13(18)9-4-6-10(14)7-5-9/h4-8H,2-3,14H2,1H3,(H2,15,16,17,18). The average Bonchev–Trinajstić information content (AvgIpc) is 2.78. The number of aromatic amines is 1. The summed E-state index contributed by atoms with van der Waals surface area (Å²) >= 11 is 0. The third-order valence-corrected chi connectivity index (χ3v) is 2.56. The zero-order valence-electron chi connectivity index (χ0n) is 10.2. The number of benzene rings is 1. The lowest BCUT2D eigenvalue weighted by Gasteiger charge is -2.01. The van der Waals surface area contributed by atoms with Crippen LogP contribution < -0.4 is 11.1 Å². The number of hydrogen-bond acceptors (Lipinski definition) is 3. The number of aromatic nitrogens is 2. The molecular weight excluding hydrogens is 228 g/mol. The van der Waals surface area contributed by atoms with E-state index in [4.69, 9.17) is 5.73 Å². The third kappa shape index (κ3) is 2.88. The molecular formula is C13H16N4O. The smallest absolute Gasteiger partial charge is 0.256 e. The molecule has 5 nitrogen and oxygen atoms in total. The lowest BCUT2D eigenvalue weighted by molar-refractivity contribution is 0.102. The maximum absolute atomic E-state index is 11.9. The number of hydrogen-bond donors (Lipinski definition) is 3. The summed E-state index contributed by atoms with van der Waals surface area (Å²) in [7, 11) is 0. The highest BCUT2D eigenvalue weighted by atomic mass is 16.1. The predicted octanol–water partition coefficient (Wildman–Crippen LogP) is 2.20. The van der Waals surface area contributed by atoms with Crippen molar-refractivity contribution < 1.29 is 4.79 Å². The maximum atomic E-state index is 11.9. The molecule has 4 N–H and O–H groups in total. The first-order valence-corrected chi connectivity index (χ1v) is 5.90. The molecule has 2 rings (SSSR count). The first-order valence-electron chi connectivity index (χ1n) is 5.90. The Morgan fingerprint density at radius 1 is 1.39 bits per heavy atom. The number of rotatable bonds is 4. The number of carbonyl (C=O) groups is 1. The van der Waals surface area contributed by atoms with E-state index in [0.717, 1.165) is 18.5 Å². The largest absolute Gasteiger partial charge is 0.399 e. The number of nitrogens with one attached hydrogen (secondary N) is 2. The van der Waals surface area contributed by atoms with Crippen LogP contribution in [0.2, 0.25) is 0 Å². The van der Waals surface area contributed by atoms with Crippen molar-refractivity contribution in [1.82, 2.24) is 10.2 Å².